The van der Waals surface area contributed by atoms with Gasteiger partial charge in [-0.3, -0.25) is 0 Å². The molecule has 0 spiro atoms. The predicted molar refractivity (Wildman–Crippen MR) is 81.4 cm³/mol. The van der Waals surface area contributed by atoms with E-state index in [0.29, 0.717) is 5.41 Å². The lowest BCUT2D eigenvalue weighted by Crippen LogP contribution is -2.47. The molecule has 3 nitrogen and oxygen atoms in total. The zero-order valence-electron chi connectivity index (χ0n) is 12.3. The molecule has 110 valence electrons. The summed E-state index contributed by atoms with van der Waals surface area (Å²) in [4.78, 5) is 0. The van der Waals surface area contributed by atoms with Crippen molar-refractivity contribution in [3.63, 3.8) is 0 Å². The third-order valence-electron chi connectivity index (χ3n) is 5.93. The Morgan fingerprint density at radius 3 is 2.30 bits per heavy atom. The predicted octanol–water partition coefficient (Wildman–Crippen LogP) is 3.71. The minimum absolute atomic E-state index is 0.0811. The molecule has 5 rings (SSSR count). The van der Waals surface area contributed by atoms with Gasteiger partial charge in [-0.05, 0) is 68.1 Å². The second kappa shape index (κ2) is 4.77. The monoisotopic (exact) mass is 291 g/mol. The quantitative estimate of drug-likeness (QED) is 0.920. The lowest BCUT2D eigenvalue weighted by Gasteiger charge is -2.56. The van der Waals surface area contributed by atoms with Gasteiger partial charge in [-0.25, -0.2) is 0 Å². The Labute approximate surface area is 125 Å². The maximum atomic E-state index is 6.08. The van der Waals surface area contributed by atoms with Crippen LogP contribution in [0.3, 0.4) is 0 Å². The largest absolute Gasteiger partial charge is 0.322 e. The smallest absolute Gasteiger partial charge is 0.134 e. The van der Waals surface area contributed by atoms with Crippen LogP contribution < -0.4 is 5.73 Å². The minimum atomic E-state index is 0.0811. The molecule has 0 aromatic carbocycles. The van der Waals surface area contributed by atoms with E-state index in [0.717, 1.165) is 29.2 Å². The molecule has 1 atom stereocenters. The molecule has 0 amide bonds. The van der Waals surface area contributed by atoms with Gasteiger partial charge in [-0.1, -0.05) is 18.3 Å². The van der Waals surface area contributed by atoms with E-state index < -0.39 is 0 Å². The normalized spacial score (nSPS) is 40.2. The maximum absolute atomic E-state index is 6.08. The van der Waals surface area contributed by atoms with E-state index in [1.165, 1.54) is 50.0 Å². The molecule has 0 aliphatic heterocycles. The Kier molecular flexibility index (Phi) is 3.15. The van der Waals surface area contributed by atoms with Crippen LogP contribution in [0.4, 0.5) is 0 Å². The van der Waals surface area contributed by atoms with Gasteiger partial charge in [0.05, 0.1) is 6.04 Å². The number of hydrogen-bond acceptors (Lipinski definition) is 4. The van der Waals surface area contributed by atoms with Crippen LogP contribution in [-0.4, -0.2) is 10.2 Å². The lowest BCUT2D eigenvalue weighted by molar-refractivity contribution is -0.0522. The first-order chi connectivity index (χ1) is 9.66. The van der Waals surface area contributed by atoms with E-state index in [1.54, 1.807) is 11.3 Å². The van der Waals surface area contributed by atoms with E-state index in [9.17, 15) is 0 Å². The average molecular weight is 291 g/mol. The number of rotatable bonds is 4. The van der Waals surface area contributed by atoms with Crippen molar-refractivity contribution < 1.29 is 0 Å². The molecule has 4 heteroatoms. The SMILES string of the molecule is CCC(N)c1nnc(CC23CC4CC(CC(C4)C2)C3)s1. The van der Waals surface area contributed by atoms with Crippen LogP contribution in [0.25, 0.3) is 0 Å². The number of nitrogens with zero attached hydrogens (tertiary/aromatic N) is 2. The van der Waals surface area contributed by atoms with Crippen molar-refractivity contribution in [2.45, 2.75) is 64.3 Å². The highest BCUT2D eigenvalue weighted by molar-refractivity contribution is 7.11. The first-order valence-electron chi connectivity index (χ1n) is 8.23. The molecule has 4 fully saturated rings. The maximum Gasteiger partial charge on any atom is 0.134 e. The first-order valence-corrected chi connectivity index (χ1v) is 9.05. The Bertz CT molecular complexity index is 460. The van der Waals surface area contributed by atoms with Gasteiger partial charge in [-0.2, -0.15) is 0 Å². The van der Waals surface area contributed by atoms with Crippen molar-refractivity contribution in [1.82, 2.24) is 10.2 Å². The van der Waals surface area contributed by atoms with Crippen LogP contribution in [0.2, 0.25) is 0 Å². The summed E-state index contributed by atoms with van der Waals surface area (Å²) in [7, 11) is 0. The molecular formula is C16H25N3S. The Morgan fingerprint density at radius 2 is 1.75 bits per heavy atom. The number of hydrogen-bond donors (Lipinski definition) is 1. The zero-order chi connectivity index (χ0) is 13.7. The van der Waals surface area contributed by atoms with Crippen molar-refractivity contribution >= 4 is 11.3 Å². The molecule has 4 aliphatic rings. The minimum Gasteiger partial charge on any atom is -0.322 e. The third kappa shape index (κ3) is 2.21. The summed E-state index contributed by atoms with van der Waals surface area (Å²) < 4.78 is 0. The second-order valence-corrected chi connectivity index (χ2v) is 8.74. The van der Waals surface area contributed by atoms with Crippen molar-refractivity contribution in [2.24, 2.45) is 28.9 Å². The Hall–Kier alpha value is -0.480. The van der Waals surface area contributed by atoms with Gasteiger partial charge in [0.2, 0.25) is 0 Å². The molecule has 4 aliphatic carbocycles. The van der Waals surface area contributed by atoms with Crippen LogP contribution in [0.1, 0.15) is 67.9 Å². The molecule has 4 bridgehead atoms. The highest BCUT2D eigenvalue weighted by atomic mass is 32.1. The third-order valence-corrected chi connectivity index (χ3v) is 6.99. The van der Waals surface area contributed by atoms with E-state index in [2.05, 4.69) is 17.1 Å². The van der Waals surface area contributed by atoms with E-state index in [4.69, 9.17) is 5.73 Å². The fraction of sp³-hybridized carbons (Fsp3) is 0.875. The van der Waals surface area contributed by atoms with Gasteiger partial charge in [0.1, 0.15) is 10.0 Å². The van der Waals surface area contributed by atoms with Crippen LogP contribution >= 0.6 is 11.3 Å². The van der Waals surface area contributed by atoms with Crippen LogP contribution in [0, 0.1) is 23.2 Å². The number of nitrogens with two attached hydrogens (primary N) is 1. The fourth-order valence-electron chi connectivity index (χ4n) is 5.49. The van der Waals surface area contributed by atoms with Gasteiger partial charge in [0.25, 0.3) is 0 Å². The first kappa shape index (κ1) is 13.2. The topological polar surface area (TPSA) is 51.8 Å². The lowest BCUT2D eigenvalue weighted by atomic mass is 9.49. The van der Waals surface area contributed by atoms with Gasteiger partial charge in [0.15, 0.2) is 0 Å². The fourth-order valence-corrected chi connectivity index (χ4v) is 6.59. The van der Waals surface area contributed by atoms with Crippen molar-refractivity contribution in [1.29, 1.82) is 0 Å². The van der Waals surface area contributed by atoms with E-state index in [-0.39, 0.29) is 6.04 Å². The summed E-state index contributed by atoms with van der Waals surface area (Å²) in [6, 6.07) is 0.0811. The zero-order valence-corrected chi connectivity index (χ0v) is 13.2. The average Bonchev–Trinajstić information content (AvgIpc) is 2.83. The van der Waals surface area contributed by atoms with Gasteiger partial charge >= 0.3 is 0 Å². The van der Waals surface area contributed by atoms with Gasteiger partial charge in [-0.15, -0.1) is 10.2 Å². The summed E-state index contributed by atoms with van der Waals surface area (Å²) >= 11 is 1.77. The molecule has 1 heterocycles. The molecular weight excluding hydrogens is 266 g/mol. The Balaban J connectivity index is 1.52. The summed E-state index contributed by atoms with van der Waals surface area (Å²) in [6.45, 7) is 2.12. The molecule has 20 heavy (non-hydrogen) atoms. The summed E-state index contributed by atoms with van der Waals surface area (Å²) in [5.74, 6) is 3.06. The van der Waals surface area contributed by atoms with Gasteiger partial charge in [0, 0.05) is 6.42 Å². The van der Waals surface area contributed by atoms with Gasteiger partial charge < -0.3 is 5.73 Å². The molecule has 1 aromatic rings. The molecule has 2 N–H and O–H groups in total. The Morgan fingerprint density at radius 1 is 1.15 bits per heavy atom. The van der Waals surface area contributed by atoms with E-state index >= 15 is 0 Å². The van der Waals surface area contributed by atoms with Crippen molar-refractivity contribution in [3.8, 4) is 0 Å². The molecule has 0 saturated heterocycles. The summed E-state index contributed by atoms with van der Waals surface area (Å²) in [6.07, 6.45) is 11.0. The molecule has 4 saturated carbocycles. The summed E-state index contributed by atoms with van der Waals surface area (Å²) in [5.41, 5.74) is 6.65. The van der Waals surface area contributed by atoms with E-state index in [1.807, 2.05) is 0 Å². The van der Waals surface area contributed by atoms with Crippen LogP contribution in [0.5, 0.6) is 0 Å². The highest BCUT2D eigenvalue weighted by Gasteiger charge is 2.51. The molecule has 1 unspecified atom stereocenters. The molecule has 0 radical (unpaired) electrons. The second-order valence-electron chi connectivity index (χ2n) is 7.64. The van der Waals surface area contributed by atoms with Crippen LogP contribution in [-0.2, 0) is 6.42 Å². The highest BCUT2D eigenvalue weighted by Crippen LogP contribution is 2.61. The number of aromatic nitrogens is 2. The van der Waals surface area contributed by atoms with Crippen molar-refractivity contribution in [2.75, 3.05) is 0 Å². The van der Waals surface area contributed by atoms with Crippen molar-refractivity contribution in [3.05, 3.63) is 10.0 Å². The summed E-state index contributed by atoms with van der Waals surface area (Å²) in [5, 5.41) is 11.1. The van der Waals surface area contributed by atoms with Crippen LogP contribution in [0.15, 0.2) is 0 Å². The standard InChI is InChI=1S/C16H25N3S/c1-2-13(17)15-19-18-14(20-15)9-16-6-10-3-11(7-16)5-12(4-10)8-16/h10-13H,2-9,17H2,1H3. The molecule has 1 aromatic heterocycles.